The molecule has 0 amide bonds. The summed E-state index contributed by atoms with van der Waals surface area (Å²) in [6.07, 6.45) is 4.07. The van der Waals surface area contributed by atoms with Crippen molar-refractivity contribution in [2.24, 2.45) is 0 Å². The van der Waals surface area contributed by atoms with Crippen molar-refractivity contribution in [3.8, 4) is 5.75 Å². The van der Waals surface area contributed by atoms with E-state index in [0.717, 1.165) is 25.2 Å². The molecule has 1 saturated heterocycles. The lowest BCUT2D eigenvalue weighted by Crippen LogP contribution is -2.25. The first-order chi connectivity index (χ1) is 12.7. The van der Waals surface area contributed by atoms with Crippen LogP contribution >= 0.6 is 12.4 Å². The number of nitrogens with one attached hydrogen (secondary N) is 1. The molecule has 0 radical (unpaired) electrons. The van der Waals surface area contributed by atoms with Gasteiger partial charge in [0.1, 0.15) is 12.4 Å². The van der Waals surface area contributed by atoms with E-state index in [1.165, 1.54) is 12.8 Å². The molecule has 0 unspecified atom stereocenters. The molecule has 1 aliphatic heterocycles. The lowest BCUT2D eigenvalue weighted by atomic mass is 10.2. The second kappa shape index (κ2) is 8.33. The van der Waals surface area contributed by atoms with Crippen LogP contribution in [0.4, 0.5) is 0 Å². The Labute approximate surface area is 165 Å². The number of nitrogens with zero attached hydrogens (tertiary/aromatic N) is 1. The van der Waals surface area contributed by atoms with Gasteiger partial charge in [-0.25, -0.2) is 8.42 Å². The molecule has 0 aliphatic carbocycles. The molecule has 27 heavy (non-hydrogen) atoms. The number of ether oxygens (including phenoxy) is 1. The molecule has 1 aromatic heterocycles. The van der Waals surface area contributed by atoms with Gasteiger partial charge < -0.3 is 9.72 Å². The number of rotatable bonds is 6. The minimum atomic E-state index is -3.57. The van der Waals surface area contributed by atoms with E-state index in [1.54, 1.807) is 36.5 Å². The van der Waals surface area contributed by atoms with Crippen LogP contribution in [-0.2, 0) is 9.84 Å². The van der Waals surface area contributed by atoms with Crippen molar-refractivity contribution in [3.63, 3.8) is 0 Å². The fourth-order valence-electron chi connectivity index (χ4n) is 3.46. The molecule has 3 aromatic rings. The molecule has 0 saturated carbocycles. The van der Waals surface area contributed by atoms with E-state index in [1.807, 2.05) is 18.2 Å². The predicted octanol–water partition coefficient (Wildman–Crippen LogP) is 3.90. The van der Waals surface area contributed by atoms with Crippen molar-refractivity contribution in [1.29, 1.82) is 0 Å². The zero-order valence-electron chi connectivity index (χ0n) is 14.9. The Morgan fingerprint density at radius 2 is 1.74 bits per heavy atom. The number of benzene rings is 2. The second-order valence-electron chi connectivity index (χ2n) is 6.55. The van der Waals surface area contributed by atoms with Crippen LogP contribution in [0.5, 0.6) is 5.75 Å². The van der Waals surface area contributed by atoms with Gasteiger partial charge in [-0.3, -0.25) is 4.90 Å². The lowest BCUT2D eigenvalue weighted by molar-refractivity contribution is 0.239. The van der Waals surface area contributed by atoms with Crippen molar-refractivity contribution in [2.45, 2.75) is 22.6 Å². The number of aromatic amines is 1. The van der Waals surface area contributed by atoms with Crippen molar-refractivity contribution in [1.82, 2.24) is 9.88 Å². The van der Waals surface area contributed by atoms with Crippen molar-refractivity contribution in [3.05, 3.63) is 54.7 Å². The third-order valence-electron chi connectivity index (χ3n) is 4.85. The van der Waals surface area contributed by atoms with Gasteiger partial charge in [-0.2, -0.15) is 0 Å². The molecule has 2 heterocycles. The van der Waals surface area contributed by atoms with Crippen molar-refractivity contribution < 1.29 is 13.2 Å². The Bertz CT molecular complexity index is 996. The summed E-state index contributed by atoms with van der Waals surface area (Å²) in [5, 5.41) is 0.660. The van der Waals surface area contributed by atoms with Crippen LogP contribution in [0.2, 0.25) is 0 Å². The number of sulfone groups is 1. The summed E-state index contributed by atoms with van der Waals surface area (Å²) >= 11 is 0. The minimum Gasteiger partial charge on any atom is -0.490 e. The number of fused-ring (bicyclic) bond motifs is 1. The third-order valence-corrected chi connectivity index (χ3v) is 6.66. The van der Waals surface area contributed by atoms with Gasteiger partial charge in [-0.05, 0) is 44.1 Å². The molecule has 4 rings (SSSR count). The Morgan fingerprint density at radius 3 is 2.48 bits per heavy atom. The molecule has 1 fully saturated rings. The van der Waals surface area contributed by atoms with E-state index in [9.17, 15) is 8.42 Å². The predicted molar refractivity (Wildman–Crippen MR) is 109 cm³/mol. The topological polar surface area (TPSA) is 62.4 Å². The first-order valence-electron chi connectivity index (χ1n) is 8.92. The van der Waals surface area contributed by atoms with Gasteiger partial charge in [-0.1, -0.05) is 30.3 Å². The van der Waals surface area contributed by atoms with E-state index in [4.69, 9.17) is 4.74 Å². The van der Waals surface area contributed by atoms with E-state index in [2.05, 4.69) is 9.88 Å². The van der Waals surface area contributed by atoms with Crippen LogP contribution in [0.25, 0.3) is 10.9 Å². The van der Waals surface area contributed by atoms with E-state index < -0.39 is 9.84 Å². The van der Waals surface area contributed by atoms with Crippen LogP contribution in [0.1, 0.15) is 12.8 Å². The first-order valence-corrected chi connectivity index (χ1v) is 10.4. The molecule has 0 spiro atoms. The number of halogens is 1. The number of hydrogen-bond acceptors (Lipinski definition) is 4. The second-order valence-corrected chi connectivity index (χ2v) is 8.46. The highest BCUT2D eigenvalue weighted by atomic mass is 35.5. The van der Waals surface area contributed by atoms with Crippen LogP contribution in [0, 0.1) is 0 Å². The molecule has 144 valence electrons. The van der Waals surface area contributed by atoms with Gasteiger partial charge in [0.25, 0.3) is 0 Å². The van der Waals surface area contributed by atoms with Crippen LogP contribution < -0.4 is 4.74 Å². The maximum absolute atomic E-state index is 12.9. The van der Waals surface area contributed by atoms with Gasteiger partial charge >= 0.3 is 0 Å². The average Bonchev–Trinajstić information content (AvgIpc) is 3.32. The molecule has 5 nitrogen and oxygen atoms in total. The normalized spacial score (nSPS) is 15.0. The van der Waals surface area contributed by atoms with Crippen molar-refractivity contribution >= 4 is 33.1 Å². The number of aromatic nitrogens is 1. The maximum Gasteiger partial charge on any atom is 0.208 e. The summed E-state index contributed by atoms with van der Waals surface area (Å²) in [7, 11) is -3.57. The highest BCUT2D eigenvalue weighted by molar-refractivity contribution is 7.91. The zero-order valence-corrected chi connectivity index (χ0v) is 16.6. The monoisotopic (exact) mass is 406 g/mol. The summed E-state index contributed by atoms with van der Waals surface area (Å²) in [6, 6.07) is 14.0. The van der Waals surface area contributed by atoms with Crippen molar-refractivity contribution in [2.75, 3.05) is 26.2 Å². The zero-order chi connectivity index (χ0) is 18.0. The van der Waals surface area contributed by atoms with Gasteiger partial charge in [0.05, 0.1) is 15.3 Å². The van der Waals surface area contributed by atoms with Crippen LogP contribution in [0.15, 0.2) is 64.5 Å². The average molecular weight is 407 g/mol. The first kappa shape index (κ1) is 19.7. The Morgan fingerprint density at radius 1 is 1.00 bits per heavy atom. The fourth-order valence-corrected chi connectivity index (χ4v) is 4.90. The Hall–Kier alpha value is -2.02. The van der Waals surface area contributed by atoms with Gasteiger partial charge in [-0.15, -0.1) is 12.4 Å². The SMILES string of the molecule is Cl.O=S(=O)(c1ccccc1)c1c[nH]c2c(OCCN3CCCC3)cccc12. The van der Waals surface area contributed by atoms with Crippen LogP contribution in [-0.4, -0.2) is 44.5 Å². The summed E-state index contributed by atoms with van der Waals surface area (Å²) in [5.41, 5.74) is 0.725. The molecular formula is C20H23ClN2O3S. The molecule has 7 heteroatoms. The number of likely N-dealkylation sites (tertiary alicyclic amines) is 1. The maximum atomic E-state index is 12.9. The molecule has 1 N–H and O–H groups in total. The summed E-state index contributed by atoms with van der Waals surface area (Å²) in [4.78, 5) is 6.06. The van der Waals surface area contributed by atoms with Crippen LogP contribution in [0.3, 0.4) is 0 Å². The molecular weight excluding hydrogens is 384 g/mol. The smallest absolute Gasteiger partial charge is 0.208 e. The molecule has 0 atom stereocenters. The molecule has 0 bridgehead atoms. The fraction of sp³-hybridized carbons (Fsp3) is 0.300. The Balaban J connectivity index is 0.00000210. The molecule has 2 aromatic carbocycles. The van der Waals surface area contributed by atoms with E-state index in [0.29, 0.717) is 22.6 Å². The lowest BCUT2D eigenvalue weighted by Gasteiger charge is -2.15. The highest BCUT2D eigenvalue weighted by Gasteiger charge is 2.22. The van der Waals surface area contributed by atoms with Gasteiger partial charge in [0.15, 0.2) is 0 Å². The number of H-pyrrole nitrogens is 1. The Kier molecular flexibility index (Phi) is 6.09. The largest absolute Gasteiger partial charge is 0.490 e. The van der Waals surface area contributed by atoms with Gasteiger partial charge in [0, 0.05) is 18.1 Å². The van der Waals surface area contributed by atoms with Gasteiger partial charge in [0.2, 0.25) is 9.84 Å². The quantitative estimate of drug-likeness (QED) is 0.674. The highest BCUT2D eigenvalue weighted by Crippen LogP contribution is 2.32. The van der Waals surface area contributed by atoms with E-state index in [-0.39, 0.29) is 17.3 Å². The number of para-hydroxylation sites is 1. The third kappa shape index (κ3) is 3.98. The van der Waals surface area contributed by atoms with E-state index >= 15 is 0 Å². The standard InChI is InChI=1S/C20H22N2O3S.ClH/c23-26(24,16-7-2-1-3-8-16)19-15-21-20-17(19)9-6-10-18(20)25-14-13-22-11-4-5-12-22;/h1-3,6-10,15,21H,4-5,11-14H2;1H. The number of hydrogen-bond donors (Lipinski definition) is 1. The molecule has 1 aliphatic rings. The minimum absolute atomic E-state index is 0. The summed E-state index contributed by atoms with van der Waals surface area (Å²) in [5.74, 6) is 0.691. The summed E-state index contributed by atoms with van der Waals surface area (Å²) in [6.45, 7) is 3.76. The summed E-state index contributed by atoms with van der Waals surface area (Å²) < 4.78 is 31.8.